The van der Waals surface area contributed by atoms with Crippen LogP contribution in [0.3, 0.4) is 0 Å². The Bertz CT molecular complexity index is 659. The van der Waals surface area contributed by atoms with Crippen LogP contribution in [0.5, 0.6) is 0 Å². The van der Waals surface area contributed by atoms with E-state index in [9.17, 15) is 4.79 Å². The van der Waals surface area contributed by atoms with Gasteiger partial charge in [-0.3, -0.25) is 9.78 Å². The fraction of sp³-hybridized carbons (Fsp3) is 0.333. The molecule has 0 saturated carbocycles. The fourth-order valence-corrected chi connectivity index (χ4v) is 2.89. The van der Waals surface area contributed by atoms with Crippen LogP contribution in [0.2, 0.25) is 5.02 Å². The molecular weight excluding hydrogens is 274 g/mol. The summed E-state index contributed by atoms with van der Waals surface area (Å²) in [5, 5.41) is 1.42. The lowest BCUT2D eigenvalue weighted by Crippen LogP contribution is -2.45. The third kappa shape index (κ3) is 2.37. The highest BCUT2D eigenvalue weighted by atomic mass is 35.5. The molecule has 1 aliphatic heterocycles. The number of pyridine rings is 1. The number of amides is 1. The van der Waals surface area contributed by atoms with E-state index in [2.05, 4.69) is 4.98 Å². The maximum absolute atomic E-state index is 12.7. The molecule has 0 radical (unpaired) electrons. The Morgan fingerprint density at radius 3 is 3.05 bits per heavy atom. The summed E-state index contributed by atoms with van der Waals surface area (Å²) in [6.07, 6.45) is 3.60. The van der Waals surface area contributed by atoms with E-state index in [1.165, 1.54) is 0 Å². The van der Waals surface area contributed by atoms with Gasteiger partial charge in [-0.25, -0.2) is 0 Å². The number of piperidine rings is 1. The molecule has 1 atom stereocenters. The SMILES string of the molecule is NC1CCCN(C(=O)c2ccc(Cl)c3cccnc23)C1. The predicted molar refractivity (Wildman–Crippen MR) is 79.9 cm³/mol. The quantitative estimate of drug-likeness (QED) is 0.877. The van der Waals surface area contributed by atoms with E-state index in [1.807, 2.05) is 17.0 Å². The second kappa shape index (κ2) is 5.38. The van der Waals surface area contributed by atoms with Crippen molar-refractivity contribution < 1.29 is 4.79 Å². The zero-order valence-corrected chi connectivity index (χ0v) is 11.8. The number of benzene rings is 1. The minimum Gasteiger partial charge on any atom is -0.337 e. The van der Waals surface area contributed by atoms with E-state index < -0.39 is 0 Å². The summed E-state index contributed by atoms with van der Waals surface area (Å²) in [6, 6.07) is 7.27. The summed E-state index contributed by atoms with van der Waals surface area (Å²) in [5.74, 6) is -0.0134. The molecule has 20 heavy (non-hydrogen) atoms. The first-order valence-electron chi connectivity index (χ1n) is 6.75. The van der Waals surface area contributed by atoms with Crippen LogP contribution in [-0.2, 0) is 0 Å². The van der Waals surface area contributed by atoms with Crippen molar-refractivity contribution in [2.75, 3.05) is 13.1 Å². The lowest BCUT2D eigenvalue weighted by Gasteiger charge is -2.31. The number of carbonyl (C=O) groups excluding carboxylic acids is 1. The van der Waals surface area contributed by atoms with Gasteiger partial charge >= 0.3 is 0 Å². The molecule has 1 fully saturated rings. The summed E-state index contributed by atoms with van der Waals surface area (Å²) in [7, 11) is 0. The molecule has 0 spiro atoms. The number of hydrogen-bond donors (Lipinski definition) is 1. The van der Waals surface area contributed by atoms with E-state index in [0.717, 1.165) is 24.8 Å². The molecule has 1 aromatic carbocycles. The van der Waals surface area contributed by atoms with Crippen molar-refractivity contribution in [2.24, 2.45) is 5.73 Å². The first-order valence-corrected chi connectivity index (χ1v) is 7.12. The molecule has 0 aliphatic carbocycles. The highest BCUT2D eigenvalue weighted by molar-refractivity contribution is 6.36. The molecule has 1 aliphatic rings. The van der Waals surface area contributed by atoms with Gasteiger partial charge in [0.15, 0.2) is 0 Å². The molecule has 0 bridgehead atoms. The van der Waals surface area contributed by atoms with Crippen LogP contribution in [0.15, 0.2) is 30.5 Å². The van der Waals surface area contributed by atoms with Crippen molar-refractivity contribution in [2.45, 2.75) is 18.9 Å². The second-order valence-corrected chi connectivity index (χ2v) is 5.56. The number of aromatic nitrogens is 1. The number of halogens is 1. The molecule has 3 rings (SSSR count). The van der Waals surface area contributed by atoms with Gasteiger partial charge in [0.25, 0.3) is 5.91 Å². The number of carbonyl (C=O) groups is 1. The van der Waals surface area contributed by atoms with Gasteiger partial charge in [0.1, 0.15) is 0 Å². The van der Waals surface area contributed by atoms with Crippen LogP contribution in [0.4, 0.5) is 0 Å². The number of rotatable bonds is 1. The van der Waals surface area contributed by atoms with Crippen molar-refractivity contribution in [1.82, 2.24) is 9.88 Å². The molecule has 1 aromatic heterocycles. The Labute approximate surface area is 122 Å². The zero-order chi connectivity index (χ0) is 14.1. The van der Waals surface area contributed by atoms with Crippen LogP contribution >= 0.6 is 11.6 Å². The van der Waals surface area contributed by atoms with Gasteiger partial charge in [-0.05, 0) is 37.1 Å². The Hall–Kier alpha value is -1.65. The second-order valence-electron chi connectivity index (χ2n) is 5.15. The fourth-order valence-electron chi connectivity index (χ4n) is 2.68. The molecule has 1 amide bonds. The van der Waals surface area contributed by atoms with Crippen molar-refractivity contribution in [3.8, 4) is 0 Å². The third-order valence-electron chi connectivity index (χ3n) is 3.69. The first kappa shape index (κ1) is 13.3. The van der Waals surface area contributed by atoms with Gasteiger partial charge in [0.2, 0.25) is 0 Å². The molecule has 104 valence electrons. The van der Waals surface area contributed by atoms with Gasteiger partial charge in [-0.15, -0.1) is 0 Å². The van der Waals surface area contributed by atoms with Gasteiger partial charge in [-0.1, -0.05) is 11.6 Å². The molecule has 1 saturated heterocycles. The minimum atomic E-state index is -0.0134. The number of nitrogens with zero attached hydrogens (tertiary/aromatic N) is 2. The average molecular weight is 290 g/mol. The maximum Gasteiger partial charge on any atom is 0.256 e. The largest absolute Gasteiger partial charge is 0.337 e. The van der Waals surface area contributed by atoms with Gasteiger partial charge in [0.05, 0.1) is 16.1 Å². The standard InChI is InChI=1S/C15H16ClN3O/c16-13-6-5-12(14-11(13)4-1-7-18-14)15(20)19-8-2-3-10(17)9-19/h1,4-7,10H,2-3,8-9,17H2. The van der Waals surface area contributed by atoms with E-state index in [4.69, 9.17) is 17.3 Å². The third-order valence-corrected chi connectivity index (χ3v) is 4.02. The van der Waals surface area contributed by atoms with Gasteiger partial charge in [0, 0.05) is 30.7 Å². The minimum absolute atomic E-state index is 0.0134. The normalized spacial score (nSPS) is 19.3. The monoisotopic (exact) mass is 289 g/mol. The smallest absolute Gasteiger partial charge is 0.256 e. The van der Waals surface area contributed by atoms with Crippen molar-refractivity contribution in [3.63, 3.8) is 0 Å². The Balaban J connectivity index is 2.01. The van der Waals surface area contributed by atoms with Crippen LogP contribution < -0.4 is 5.73 Å². The molecule has 5 heteroatoms. The Kier molecular flexibility index (Phi) is 3.59. The van der Waals surface area contributed by atoms with Crippen LogP contribution in [0.25, 0.3) is 10.9 Å². The van der Waals surface area contributed by atoms with E-state index in [1.54, 1.807) is 18.3 Å². The van der Waals surface area contributed by atoms with E-state index >= 15 is 0 Å². The molecule has 4 nitrogen and oxygen atoms in total. The molecule has 1 unspecified atom stereocenters. The lowest BCUT2D eigenvalue weighted by atomic mass is 10.0. The number of nitrogens with two attached hydrogens (primary N) is 1. The number of fused-ring (bicyclic) bond motifs is 1. The summed E-state index contributed by atoms with van der Waals surface area (Å²) < 4.78 is 0. The Morgan fingerprint density at radius 1 is 1.40 bits per heavy atom. The summed E-state index contributed by atoms with van der Waals surface area (Å²) in [4.78, 5) is 18.8. The highest BCUT2D eigenvalue weighted by Gasteiger charge is 2.24. The average Bonchev–Trinajstić information content (AvgIpc) is 2.47. The van der Waals surface area contributed by atoms with E-state index in [-0.39, 0.29) is 11.9 Å². The van der Waals surface area contributed by atoms with Gasteiger partial charge < -0.3 is 10.6 Å². The topological polar surface area (TPSA) is 59.2 Å². The van der Waals surface area contributed by atoms with Crippen LogP contribution in [0, 0.1) is 0 Å². The first-order chi connectivity index (χ1) is 9.66. The summed E-state index contributed by atoms with van der Waals surface area (Å²) in [5.41, 5.74) is 7.20. The number of likely N-dealkylation sites (tertiary alicyclic amines) is 1. The van der Waals surface area contributed by atoms with E-state index in [0.29, 0.717) is 22.6 Å². The molecule has 2 N–H and O–H groups in total. The summed E-state index contributed by atoms with van der Waals surface area (Å²) >= 11 is 6.16. The van der Waals surface area contributed by atoms with Crippen molar-refractivity contribution >= 4 is 28.4 Å². The molecule has 2 aromatic rings. The zero-order valence-electron chi connectivity index (χ0n) is 11.1. The lowest BCUT2D eigenvalue weighted by molar-refractivity contribution is 0.0710. The summed E-state index contributed by atoms with van der Waals surface area (Å²) in [6.45, 7) is 1.36. The van der Waals surface area contributed by atoms with Crippen LogP contribution in [0.1, 0.15) is 23.2 Å². The maximum atomic E-state index is 12.7. The van der Waals surface area contributed by atoms with Crippen LogP contribution in [-0.4, -0.2) is 34.9 Å². The van der Waals surface area contributed by atoms with Gasteiger partial charge in [-0.2, -0.15) is 0 Å². The Morgan fingerprint density at radius 2 is 2.25 bits per heavy atom. The van der Waals surface area contributed by atoms with Crippen molar-refractivity contribution in [1.29, 1.82) is 0 Å². The number of hydrogen-bond acceptors (Lipinski definition) is 3. The predicted octanol–water partition coefficient (Wildman–Crippen LogP) is 2.45. The molecular formula is C15H16ClN3O. The van der Waals surface area contributed by atoms with Crippen molar-refractivity contribution in [3.05, 3.63) is 41.0 Å². The highest BCUT2D eigenvalue weighted by Crippen LogP contribution is 2.26. The molecule has 2 heterocycles.